The molecule has 0 unspecified atom stereocenters. The van der Waals surface area contributed by atoms with Gasteiger partial charge in [0.05, 0.1) is 6.54 Å². The third kappa shape index (κ3) is 5.16. The molecule has 6 heteroatoms. The molecule has 18 heavy (non-hydrogen) atoms. The molecule has 1 saturated heterocycles. The molecule has 1 rings (SSSR count). The van der Waals surface area contributed by atoms with Gasteiger partial charge in [0.15, 0.2) is 5.96 Å². The van der Waals surface area contributed by atoms with Gasteiger partial charge in [-0.2, -0.15) is 11.8 Å². The zero-order valence-corrected chi connectivity index (χ0v) is 12.3. The first-order chi connectivity index (χ1) is 8.41. The molecular formula is C12H24N4OS. The Morgan fingerprint density at radius 3 is 2.56 bits per heavy atom. The summed E-state index contributed by atoms with van der Waals surface area (Å²) in [6.07, 6.45) is 0. The van der Waals surface area contributed by atoms with Crippen LogP contribution < -0.4 is 11.1 Å². The first-order valence-electron chi connectivity index (χ1n) is 6.32. The van der Waals surface area contributed by atoms with Crippen LogP contribution in [0, 0.1) is 5.41 Å². The molecule has 0 atom stereocenters. The molecule has 104 valence electrons. The quantitative estimate of drug-likeness (QED) is 0.446. The molecule has 0 saturated carbocycles. The van der Waals surface area contributed by atoms with E-state index in [1.54, 1.807) is 0 Å². The molecule has 1 aliphatic heterocycles. The zero-order chi connectivity index (χ0) is 13.6. The summed E-state index contributed by atoms with van der Waals surface area (Å²) in [5.41, 5.74) is 5.56. The van der Waals surface area contributed by atoms with Crippen molar-refractivity contribution in [2.45, 2.75) is 20.8 Å². The Hall–Kier alpha value is -0.910. The van der Waals surface area contributed by atoms with Crippen molar-refractivity contribution >= 4 is 23.6 Å². The van der Waals surface area contributed by atoms with Crippen molar-refractivity contribution in [3.63, 3.8) is 0 Å². The van der Waals surface area contributed by atoms with E-state index in [9.17, 15) is 4.79 Å². The van der Waals surface area contributed by atoms with Crippen molar-refractivity contribution in [2.24, 2.45) is 16.1 Å². The Kier molecular flexibility index (Phi) is 5.78. The number of nitrogens with zero attached hydrogens (tertiary/aromatic N) is 2. The summed E-state index contributed by atoms with van der Waals surface area (Å²) < 4.78 is 0. The number of carbonyl (C=O) groups excluding carboxylic acids is 1. The van der Waals surface area contributed by atoms with Crippen molar-refractivity contribution < 1.29 is 4.79 Å². The molecule has 0 aromatic rings. The van der Waals surface area contributed by atoms with Gasteiger partial charge in [0, 0.05) is 36.6 Å². The van der Waals surface area contributed by atoms with Gasteiger partial charge in [0.2, 0.25) is 5.91 Å². The Balaban J connectivity index is 2.25. The maximum Gasteiger partial charge on any atom is 0.225 e. The second-order valence-electron chi connectivity index (χ2n) is 5.35. The normalized spacial score (nSPS) is 17.7. The van der Waals surface area contributed by atoms with Crippen LogP contribution in [0.1, 0.15) is 20.8 Å². The van der Waals surface area contributed by atoms with Crippen LogP contribution in [0.15, 0.2) is 4.99 Å². The summed E-state index contributed by atoms with van der Waals surface area (Å²) in [5, 5.41) is 2.86. The van der Waals surface area contributed by atoms with Crippen LogP contribution in [0.25, 0.3) is 0 Å². The van der Waals surface area contributed by atoms with Gasteiger partial charge >= 0.3 is 0 Å². The molecule has 0 aliphatic carbocycles. The Morgan fingerprint density at radius 1 is 1.39 bits per heavy atom. The number of carbonyl (C=O) groups is 1. The lowest BCUT2D eigenvalue weighted by Crippen LogP contribution is -2.43. The van der Waals surface area contributed by atoms with Crippen LogP contribution in [-0.4, -0.2) is 54.5 Å². The van der Waals surface area contributed by atoms with Gasteiger partial charge in [0.25, 0.3) is 0 Å². The van der Waals surface area contributed by atoms with Crippen LogP contribution in [0.2, 0.25) is 0 Å². The Morgan fingerprint density at radius 2 is 2.00 bits per heavy atom. The number of rotatable bonds is 3. The maximum absolute atomic E-state index is 11.6. The SMILES string of the molecule is CC(C)(C)C(=O)NCCN=C(N)N1CCSCC1. The smallest absolute Gasteiger partial charge is 0.225 e. The second-order valence-corrected chi connectivity index (χ2v) is 6.57. The fourth-order valence-corrected chi connectivity index (χ4v) is 2.40. The van der Waals surface area contributed by atoms with Gasteiger partial charge < -0.3 is 16.0 Å². The highest BCUT2D eigenvalue weighted by Gasteiger charge is 2.20. The standard InChI is InChI=1S/C12H24N4OS/c1-12(2,3)10(17)14-4-5-15-11(13)16-6-8-18-9-7-16/h4-9H2,1-3H3,(H2,13,15)(H,14,17). The van der Waals surface area contributed by atoms with Crippen molar-refractivity contribution in [3.8, 4) is 0 Å². The van der Waals surface area contributed by atoms with Crippen LogP contribution in [0.4, 0.5) is 0 Å². The highest BCUT2D eigenvalue weighted by Crippen LogP contribution is 2.12. The van der Waals surface area contributed by atoms with Crippen LogP contribution in [0.5, 0.6) is 0 Å². The van der Waals surface area contributed by atoms with Crippen LogP contribution >= 0.6 is 11.8 Å². The largest absolute Gasteiger partial charge is 0.370 e. The molecule has 0 spiro atoms. The van der Waals surface area contributed by atoms with E-state index in [0.29, 0.717) is 19.0 Å². The molecule has 3 N–H and O–H groups in total. The molecule has 5 nitrogen and oxygen atoms in total. The molecule has 0 radical (unpaired) electrons. The van der Waals surface area contributed by atoms with Crippen molar-refractivity contribution in [3.05, 3.63) is 0 Å². The highest BCUT2D eigenvalue weighted by molar-refractivity contribution is 7.99. The third-order valence-electron chi connectivity index (χ3n) is 2.69. The van der Waals surface area contributed by atoms with E-state index < -0.39 is 0 Å². The minimum absolute atomic E-state index is 0.0469. The number of guanidine groups is 1. The number of nitrogens with two attached hydrogens (primary N) is 1. The average molecular weight is 272 g/mol. The van der Waals surface area contributed by atoms with Gasteiger partial charge in [0.1, 0.15) is 0 Å². The molecule has 1 amide bonds. The molecule has 1 fully saturated rings. The Labute approximate surface area is 114 Å². The topological polar surface area (TPSA) is 70.7 Å². The lowest BCUT2D eigenvalue weighted by Gasteiger charge is -2.27. The minimum Gasteiger partial charge on any atom is -0.370 e. The fourth-order valence-electron chi connectivity index (χ4n) is 1.50. The second kappa shape index (κ2) is 6.87. The summed E-state index contributed by atoms with van der Waals surface area (Å²) in [5.74, 6) is 2.86. The summed E-state index contributed by atoms with van der Waals surface area (Å²) in [6, 6.07) is 0. The lowest BCUT2D eigenvalue weighted by molar-refractivity contribution is -0.128. The van der Waals surface area contributed by atoms with Gasteiger partial charge in [-0.15, -0.1) is 0 Å². The summed E-state index contributed by atoms with van der Waals surface area (Å²) in [6.45, 7) is 8.70. The summed E-state index contributed by atoms with van der Waals surface area (Å²) in [7, 11) is 0. The van der Waals surface area contributed by atoms with E-state index in [0.717, 1.165) is 24.6 Å². The van der Waals surface area contributed by atoms with Gasteiger partial charge in [-0.05, 0) is 0 Å². The molecule has 1 aliphatic rings. The Bertz CT molecular complexity index is 306. The van der Waals surface area contributed by atoms with Crippen molar-refractivity contribution in [2.75, 3.05) is 37.7 Å². The van der Waals surface area contributed by atoms with E-state index in [1.165, 1.54) is 0 Å². The third-order valence-corrected chi connectivity index (χ3v) is 3.63. The predicted octanol–water partition coefficient (Wildman–Crippen LogP) is 0.512. The van der Waals surface area contributed by atoms with E-state index in [-0.39, 0.29) is 11.3 Å². The molecular weight excluding hydrogens is 248 g/mol. The maximum atomic E-state index is 11.6. The van der Waals surface area contributed by atoms with Crippen molar-refractivity contribution in [1.82, 2.24) is 10.2 Å². The highest BCUT2D eigenvalue weighted by atomic mass is 32.2. The van der Waals surface area contributed by atoms with Gasteiger partial charge in [-0.25, -0.2) is 0 Å². The fraction of sp³-hybridized carbons (Fsp3) is 0.833. The van der Waals surface area contributed by atoms with Gasteiger partial charge in [-0.1, -0.05) is 20.8 Å². The van der Waals surface area contributed by atoms with Crippen LogP contribution in [0.3, 0.4) is 0 Å². The minimum atomic E-state index is -0.348. The zero-order valence-electron chi connectivity index (χ0n) is 11.5. The molecule has 0 bridgehead atoms. The number of thioether (sulfide) groups is 1. The molecule has 0 aromatic carbocycles. The van der Waals surface area contributed by atoms with E-state index in [4.69, 9.17) is 5.73 Å². The number of hydrogen-bond acceptors (Lipinski definition) is 3. The first kappa shape index (κ1) is 15.1. The first-order valence-corrected chi connectivity index (χ1v) is 7.47. The van der Waals surface area contributed by atoms with E-state index in [1.807, 2.05) is 32.5 Å². The lowest BCUT2D eigenvalue weighted by atomic mass is 9.96. The number of hydrogen-bond donors (Lipinski definition) is 2. The van der Waals surface area contributed by atoms with Gasteiger partial charge in [-0.3, -0.25) is 9.79 Å². The predicted molar refractivity (Wildman–Crippen MR) is 77.9 cm³/mol. The van der Waals surface area contributed by atoms with E-state index >= 15 is 0 Å². The molecule has 1 heterocycles. The monoisotopic (exact) mass is 272 g/mol. The average Bonchev–Trinajstić information content (AvgIpc) is 2.34. The summed E-state index contributed by atoms with van der Waals surface area (Å²) in [4.78, 5) is 18.0. The van der Waals surface area contributed by atoms with Crippen LogP contribution in [-0.2, 0) is 4.79 Å². The van der Waals surface area contributed by atoms with Crippen molar-refractivity contribution in [1.29, 1.82) is 0 Å². The molecule has 0 aromatic heterocycles. The number of nitrogens with one attached hydrogen (secondary N) is 1. The number of amides is 1. The summed E-state index contributed by atoms with van der Waals surface area (Å²) >= 11 is 1.94. The van der Waals surface area contributed by atoms with E-state index in [2.05, 4.69) is 15.2 Å². The number of aliphatic imine (C=N–C) groups is 1.